The van der Waals surface area contributed by atoms with E-state index in [0.29, 0.717) is 10.5 Å². The third-order valence-electron chi connectivity index (χ3n) is 1.78. The van der Waals surface area contributed by atoms with Crippen LogP contribution in [0, 0.1) is 4.77 Å². The summed E-state index contributed by atoms with van der Waals surface area (Å²) in [6.07, 6.45) is 0. The van der Waals surface area contributed by atoms with Gasteiger partial charge in [0, 0.05) is 5.69 Å². The normalized spacial score (nSPS) is 10.3. The lowest BCUT2D eigenvalue weighted by atomic mass is 10.3. The molecule has 1 aromatic heterocycles. The number of urea groups is 1. The van der Waals surface area contributed by atoms with Crippen LogP contribution in [0.1, 0.15) is 0 Å². The second-order valence-corrected chi connectivity index (χ2v) is 3.24. The van der Waals surface area contributed by atoms with Crippen LogP contribution in [0.15, 0.2) is 18.2 Å². The van der Waals surface area contributed by atoms with Crippen molar-refractivity contribution in [2.75, 3.05) is 5.32 Å². The highest BCUT2D eigenvalue weighted by Crippen LogP contribution is 2.15. The van der Waals surface area contributed by atoms with Crippen LogP contribution in [0.4, 0.5) is 10.5 Å². The zero-order chi connectivity index (χ0) is 10.1. The van der Waals surface area contributed by atoms with Gasteiger partial charge in [0.25, 0.3) is 0 Å². The van der Waals surface area contributed by atoms with E-state index >= 15 is 0 Å². The Morgan fingerprint density at radius 2 is 2.07 bits per heavy atom. The van der Waals surface area contributed by atoms with Gasteiger partial charge in [-0.15, -0.1) is 0 Å². The summed E-state index contributed by atoms with van der Waals surface area (Å²) in [5, 5.41) is 2.48. The number of carbonyl (C=O) groups is 1. The summed E-state index contributed by atoms with van der Waals surface area (Å²) in [7, 11) is 0. The Kier molecular flexibility index (Phi) is 1.97. The predicted molar refractivity (Wildman–Crippen MR) is 56.7 cm³/mol. The van der Waals surface area contributed by atoms with Gasteiger partial charge in [0.15, 0.2) is 4.77 Å². The lowest BCUT2D eigenvalue weighted by molar-refractivity contribution is 0.259. The number of benzene rings is 1. The van der Waals surface area contributed by atoms with Crippen molar-refractivity contribution in [1.29, 1.82) is 0 Å². The Bertz CT molecular complexity index is 542. The first kappa shape index (κ1) is 8.76. The SMILES string of the molecule is NC(=O)Nc1ccc2[nH]c(=S)[nH]c2c1. The average molecular weight is 208 g/mol. The van der Waals surface area contributed by atoms with Crippen molar-refractivity contribution in [3.63, 3.8) is 0 Å². The smallest absolute Gasteiger partial charge is 0.316 e. The van der Waals surface area contributed by atoms with E-state index in [-0.39, 0.29) is 0 Å². The van der Waals surface area contributed by atoms with Crippen molar-refractivity contribution in [3.8, 4) is 0 Å². The number of nitrogens with two attached hydrogens (primary N) is 1. The van der Waals surface area contributed by atoms with E-state index in [1.165, 1.54) is 0 Å². The fourth-order valence-electron chi connectivity index (χ4n) is 1.25. The number of primary amides is 1. The Balaban J connectivity index is 2.50. The minimum absolute atomic E-state index is 0.552. The highest BCUT2D eigenvalue weighted by molar-refractivity contribution is 7.71. The van der Waals surface area contributed by atoms with Gasteiger partial charge >= 0.3 is 6.03 Å². The summed E-state index contributed by atoms with van der Waals surface area (Å²) in [6.45, 7) is 0. The third-order valence-corrected chi connectivity index (χ3v) is 1.99. The van der Waals surface area contributed by atoms with Crippen LogP contribution < -0.4 is 11.1 Å². The van der Waals surface area contributed by atoms with Crippen LogP contribution in [-0.4, -0.2) is 16.0 Å². The van der Waals surface area contributed by atoms with Crippen molar-refractivity contribution in [2.24, 2.45) is 5.73 Å². The molecular weight excluding hydrogens is 200 g/mol. The molecule has 5 N–H and O–H groups in total. The number of aromatic amines is 2. The van der Waals surface area contributed by atoms with Gasteiger partial charge in [-0.3, -0.25) is 0 Å². The molecule has 2 amide bonds. The molecule has 0 spiro atoms. The molecule has 5 nitrogen and oxygen atoms in total. The second-order valence-electron chi connectivity index (χ2n) is 2.83. The number of hydrogen-bond acceptors (Lipinski definition) is 2. The van der Waals surface area contributed by atoms with Gasteiger partial charge in [-0.1, -0.05) is 0 Å². The summed E-state index contributed by atoms with van der Waals surface area (Å²) in [6, 6.07) is 4.73. The maximum Gasteiger partial charge on any atom is 0.316 e. The van der Waals surface area contributed by atoms with Gasteiger partial charge in [-0.25, -0.2) is 4.79 Å². The van der Waals surface area contributed by atoms with E-state index in [2.05, 4.69) is 15.3 Å². The largest absolute Gasteiger partial charge is 0.351 e. The van der Waals surface area contributed by atoms with Gasteiger partial charge in [0.05, 0.1) is 11.0 Å². The van der Waals surface area contributed by atoms with Gasteiger partial charge in [-0.05, 0) is 30.4 Å². The molecule has 0 aliphatic carbocycles. The van der Waals surface area contributed by atoms with E-state index < -0.39 is 6.03 Å². The molecule has 1 heterocycles. The number of amides is 2. The predicted octanol–water partition coefficient (Wildman–Crippen LogP) is 1.72. The van der Waals surface area contributed by atoms with Gasteiger partial charge < -0.3 is 21.0 Å². The standard InChI is InChI=1S/C8H8N4OS/c9-7(13)10-4-1-2-5-6(3-4)12-8(14)11-5/h1-3H,(H3,9,10,13)(H2,11,12,14). The van der Waals surface area contributed by atoms with Gasteiger partial charge in [-0.2, -0.15) is 0 Å². The molecule has 2 rings (SSSR count). The van der Waals surface area contributed by atoms with E-state index in [9.17, 15) is 4.79 Å². The second kappa shape index (κ2) is 3.15. The number of H-pyrrole nitrogens is 2. The number of fused-ring (bicyclic) bond motifs is 1. The first-order valence-electron chi connectivity index (χ1n) is 3.93. The number of hydrogen-bond donors (Lipinski definition) is 4. The lowest BCUT2D eigenvalue weighted by Gasteiger charge is -2.00. The molecular formula is C8H8N4OS. The van der Waals surface area contributed by atoms with Crippen molar-refractivity contribution < 1.29 is 4.79 Å². The van der Waals surface area contributed by atoms with Gasteiger partial charge in [0.1, 0.15) is 0 Å². The summed E-state index contributed by atoms with van der Waals surface area (Å²) in [5.41, 5.74) is 7.35. The van der Waals surface area contributed by atoms with Crippen LogP contribution >= 0.6 is 12.2 Å². The number of anilines is 1. The zero-order valence-corrected chi connectivity index (χ0v) is 7.94. The maximum atomic E-state index is 10.6. The van der Waals surface area contributed by atoms with Crippen LogP contribution in [0.5, 0.6) is 0 Å². The zero-order valence-electron chi connectivity index (χ0n) is 7.13. The Morgan fingerprint density at radius 3 is 2.79 bits per heavy atom. The molecule has 0 fully saturated rings. The molecule has 2 aromatic rings. The molecule has 0 aliphatic heterocycles. The fraction of sp³-hybridized carbons (Fsp3) is 0. The molecule has 14 heavy (non-hydrogen) atoms. The Labute approximate surface area is 84.3 Å². The maximum absolute atomic E-state index is 10.6. The Hall–Kier alpha value is -1.82. The highest BCUT2D eigenvalue weighted by Gasteiger charge is 1.99. The van der Waals surface area contributed by atoms with Crippen LogP contribution in [0.25, 0.3) is 11.0 Å². The molecule has 0 radical (unpaired) electrons. The molecule has 0 atom stereocenters. The number of aromatic nitrogens is 2. The van der Waals surface area contributed by atoms with Crippen molar-refractivity contribution in [2.45, 2.75) is 0 Å². The molecule has 1 aromatic carbocycles. The van der Waals surface area contributed by atoms with E-state index in [0.717, 1.165) is 11.0 Å². The minimum atomic E-state index is -0.585. The van der Waals surface area contributed by atoms with Crippen LogP contribution in [0.3, 0.4) is 0 Å². The number of carbonyl (C=O) groups excluding carboxylic acids is 1. The summed E-state index contributed by atoms with van der Waals surface area (Å²) < 4.78 is 0.552. The van der Waals surface area contributed by atoms with Crippen molar-refractivity contribution in [1.82, 2.24) is 9.97 Å². The molecule has 0 aliphatic rings. The average Bonchev–Trinajstić information content (AvgIpc) is 2.42. The van der Waals surface area contributed by atoms with Crippen molar-refractivity contribution >= 4 is 35.0 Å². The summed E-state index contributed by atoms with van der Waals surface area (Å²) in [5.74, 6) is 0. The van der Waals surface area contributed by atoms with Crippen molar-refractivity contribution in [3.05, 3.63) is 23.0 Å². The first-order valence-corrected chi connectivity index (χ1v) is 4.34. The van der Waals surface area contributed by atoms with Crippen LogP contribution in [-0.2, 0) is 0 Å². The quantitative estimate of drug-likeness (QED) is 0.538. The first-order chi connectivity index (χ1) is 6.65. The number of imidazole rings is 1. The van der Waals surface area contributed by atoms with E-state index in [4.69, 9.17) is 18.0 Å². The minimum Gasteiger partial charge on any atom is -0.351 e. The molecule has 0 saturated carbocycles. The number of nitrogens with one attached hydrogen (secondary N) is 3. The molecule has 0 bridgehead atoms. The monoisotopic (exact) mass is 208 g/mol. The molecule has 72 valence electrons. The van der Waals surface area contributed by atoms with E-state index in [1.54, 1.807) is 12.1 Å². The summed E-state index contributed by atoms with van der Waals surface area (Å²) >= 11 is 4.92. The fourth-order valence-corrected chi connectivity index (χ4v) is 1.47. The third kappa shape index (κ3) is 1.60. The Morgan fingerprint density at radius 1 is 1.36 bits per heavy atom. The molecule has 6 heteroatoms. The summed E-state index contributed by atoms with van der Waals surface area (Å²) in [4.78, 5) is 16.5. The topological polar surface area (TPSA) is 86.7 Å². The van der Waals surface area contributed by atoms with Gasteiger partial charge in [0.2, 0.25) is 0 Å². The highest BCUT2D eigenvalue weighted by atomic mass is 32.1. The number of rotatable bonds is 1. The molecule has 0 saturated heterocycles. The molecule has 0 unspecified atom stereocenters. The lowest BCUT2D eigenvalue weighted by Crippen LogP contribution is -2.19. The van der Waals surface area contributed by atoms with E-state index in [1.807, 2.05) is 6.07 Å². The van der Waals surface area contributed by atoms with Crippen LogP contribution in [0.2, 0.25) is 0 Å².